The molecule has 0 aliphatic heterocycles. The van der Waals surface area contributed by atoms with Crippen molar-refractivity contribution in [1.82, 2.24) is 9.88 Å². The number of carboxylic acid groups (broad SMARTS) is 1. The lowest BCUT2D eigenvalue weighted by atomic mass is 9.87. The molecule has 0 unspecified atom stereocenters. The molecule has 0 bridgehead atoms. The molecule has 9 heteroatoms. The summed E-state index contributed by atoms with van der Waals surface area (Å²) in [6.07, 6.45) is 11.8. The Kier molecular flexibility index (Phi) is 9.25. The van der Waals surface area contributed by atoms with Gasteiger partial charge in [-0.25, -0.2) is 9.78 Å². The highest BCUT2D eigenvalue weighted by Gasteiger charge is 2.35. The van der Waals surface area contributed by atoms with Crippen molar-refractivity contribution in [2.75, 3.05) is 11.1 Å². The number of carboxylic acids is 1. The zero-order valence-corrected chi connectivity index (χ0v) is 21.1. The standard InChI is InChI=1S/C23H37N3O4S2/c1-23(2,3)30-18-11-9-17(10-12-18)26(16-7-5-4-6-8-16)22(29)25-21-24-15-20(32-21)31-14-13-19(27)28/h15-18H,4-14H2,1-3H3,(H,27,28)(H,24,25,29)/t17-,18-. The lowest BCUT2D eigenvalue weighted by Crippen LogP contribution is -2.51. The summed E-state index contributed by atoms with van der Waals surface area (Å²) < 4.78 is 7.11. The van der Waals surface area contributed by atoms with Gasteiger partial charge in [0, 0.05) is 17.8 Å². The quantitative estimate of drug-likeness (QED) is 0.440. The van der Waals surface area contributed by atoms with Gasteiger partial charge in [-0.2, -0.15) is 0 Å². The number of hydrogen-bond acceptors (Lipinski definition) is 6. The van der Waals surface area contributed by atoms with Crippen molar-refractivity contribution in [3.8, 4) is 0 Å². The SMILES string of the molecule is CC(C)(C)O[C@H]1CC[C@H](N(C(=O)Nc2ncc(SCCC(=O)O)s2)C2CCCCC2)CC1. The summed E-state index contributed by atoms with van der Waals surface area (Å²) in [5.41, 5.74) is -0.136. The number of aliphatic carboxylic acids is 1. The minimum absolute atomic E-state index is 0.0477. The number of rotatable bonds is 8. The summed E-state index contributed by atoms with van der Waals surface area (Å²) in [7, 11) is 0. The summed E-state index contributed by atoms with van der Waals surface area (Å²) in [5, 5.41) is 12.4. The normalized spacial score (nSPS) is 22.5. The number of carbonyl (C=O) groups is 2. The number of thiazole rings is 1. The van der Waals surface area contributed by atoms with E-state index in [4.69, 9.17) is 9.84 Å². The minimum atomic E-state index is -0.804. The molecule has 0 saturated heterocycles. The van der Waals surface area contributed by atoms with Gasteiger partial charge in [-0.3, -0.25) is 10.1 Å². The van der Waals surface area contributed by atoms with Crippen molar-refractivity contribution in [2.45, 2.75) is 113 Å². The number of amides is 2. The van der Waals surface area contributed by atoms with Gasteiger partial charge >= 0.3 is 12.0 Å². The van der Waals surface area contributed by atoms with Gasteiger partial charge in [0.1, 0.15) is 0 Å². The molecule has 2 saturated carbocycles. The minimum Gasteiger partial charge on any atom is -0.481 e. The zero-order chi connectivity index (χ0) is 23.1. The molecule has 32 heavy (non-hydrogen) atoms. The maximum absolute atomic E-state index is 13.4. The maximum Gasteiger partial charge on any atom is 0.324 e. The Bertz CT molecular complexity index is 751. The number of ether oxygens (including phenoxy) is 1. The maximum atomic E-state index is 13.4. The predicted molar refractivity (Wildman–Crippen MR) is 130 cm³/mol. The van der Waals surface area contributed by atoms with Crippen LogP contribution in [-0.4, -0.2) is 56.5 Å². The number of thioether (sulfide) groups is 1. The van der Waals surface area contributed by atoms with Gasteiger partial charge in [0.2, 0.25) is 0 Å². The molecular formula is C23H37N3O4S2. The third-order valence-electron chi connectivity index (χ3n) is 6.02. The van der Waals surface area contributed by atoms with Crippen LogP contribution in [0.5, 0.6) is 0 Å². The number of urea groups is 1. The van der Waals surface area contributed by atoms with Gasteiger partial charge in [-0.15, -0.1) is 11.8 Å². The predicted octanol–water partition coefficient (Wildman–Crippen LogP) is 6.00. The second-order valence-electron chi connectivity index (χ2n) is 9.77. The Labute approximate surface area is 199 Å². The van der Waals surface area contributed by atoms with Crippen LogP contribution in [-0.2, 0) is 9.53 Å². The second-order valence-corrected chi connectivity index (χ2v) is 12.2. The number of nitrogens with one attached hydrogen (secondary N) is 1. The van der Waals surface area contributed by atoms with E-state index in [0.29, 0.717) is 16.9 Å². The van der Waals surface area contributed by atoms with E-state index in [0.717, 1.165) is 42.7 Å². The molecule has 180 valence electrons. The van der Waals surface area contributed by atoms with Crippen LogP contribution in [0.1, 0.15) is 85.0 Å². The number of hydrogen-bond donors (Lipinski definition) is 2. The molecule has 0 spiro atoms. The Morgan fingerprint density at radius 3 is 2.44 bits per heavy atom. The molecule has 2 aliphatic carbocycles. The van der Waals surface area contributed by atoms with Crippen LogP contribution >= 0.6 is 23.1 Å². The van der Waals surface area contributed by atoms with Crippen molar-refractivity contribution in [1.29, 1.82) is 0 Å². The highest BCUT2D eigenvalue weighted by Crippen LogP contribution is 2.34. The van der Waals surface area contributed by atoms with Crippen molar-refractivity contribution in [2.24, 2.45) is 0 Å². The van der Waals surface area contributed by atoms with Crippen LogP contribution in [0.15, 0.2) is 10.4 Å². The van der Waals surface area contributed by atoms with Gasteiger partial charge in [0.05, 0.1) is 28.5 Å². The smallest absolute Gasteiger partial charge is 0.324 e. The summed E-state index contributed by atoms with van der Waals surface area (Å²) in [4.78, 5) is 30.6. The second kappa shape index (κ2) is 11.7. The summed E-state index contributed by atoms with van der Waals surface area (Å²) >= 11 is 2.87. The van der Waals surface area contributed by atoms with E-state index < -0.39 is 5.97 Å². The van der Waals surface area contributed by atoms with Crippen LogP contribution in [0, 0.1) is 0 Å². The van der Waals surface area contributed by atoms with Crippen LogP contribution in [0.4, 0.5) is 9.93 Å². The van der Waals surface area contributed by atoms with E-state index in [1.807, 2.05) is 0 Å². The molecule has 3 rings (SSSR count). The van der Waals surface area contributed by atoms with Gasteiger partial charge in [0.15, 0.2) is 5.13 Å². The Balaban J connectivity index is 1.61. The first-order chi connectivity index (χ1) is 15.2. The lowest BCUT2D eigenvalue weighted by Gasteiger charge is -2.43. The van der Waals surface area contributed by atoms with Crippen LogP contribution in [0.3, 0.4) is 0 Å². The Morgan fingerprint density at radius 2 is 1.81 bits per heavy atom. The first-order valence-electron chi connectivity index (χ1n) is 11.8. The Hall–Kier alpha value is -1.32. The van der Waals surface area contributed by atoms with E-state index in [2.05, 4.69) is 36.0 Å². The molecule has 7 nitrogen and oxygen atoms in total. The summed E-state index contributed by atoms with van der Waals surface area (Å²) in [6, 6.07) is 0.481. The lowest BCUT2D eigenvalue weighted by molar-refractivity contribution is -0.136. The average molecular weight is 484 g/mol. The van der Waals surface area contributed by atoms with E-state index >= 15 is 0 Å². The third kappa shape index (κ3) is 7.92. The molecule has 0 radical (unpaired) electrons. The molecule has 0 aromatic carbocycles. The molecule has 2 N–H and O–H groups in total. The van der Waals surface area contributed by atoms with Crippen molar-refractivity contribution >= 4 is 40.2 Å². The molecule has 2 aliphatic rings. The highest BCUT2D eigenvalue weighted by atomic mass is 32.2. The largest absolute Gasteiger partial charge is 0.481 e. The van der Waals surface area contributed by atoms with Gasteiger partial charge < -0.3 is 14.7 Å². The number of anilines is 1. The topological polar surface area (TPSA) is 91.8 Å². The van der Waals surface area contributed by atoms with E-state index in [1.54, 1.807) is 6.20 Å². The van der Waals surface area contributed by atoms with Crippen molar-refractivity contribution < 1.29 is 19.4 Å². The van der Waals surface area contributed by atoms with E-state index in [-0.39, 0.29) is 30.2 Å². The first kappa shape index (κ1) is 25.3. The monoisotopic (exact) mass is 483 g/mol. The zero-order valence-electron chi connectivity index (χ0n) is 19.5. The van der Waals surface area contributed by atoms with E-state index in [1.165, 1.54) is 42.4 Å². The average Bonchev–Trinajstić information content (AvgIpc) is 3.16. The Morgan fingerprint density at radius 1 is 1.16 bits per heavy atom. The first-order valence-corrected chi connectivity index (χ1v) is 13.6. The van der Waals surface area contributed by atoms with E-state index in [9.17, 15) is 9.59 Å². The molecule has 0 atom stereocenters. The van der Waals surface area contributed by atoms with Crippen molar-refractivity contribution in [3.63, 3.8) is 0 Å². The van der Waals surface area contributed by atoms with Gasteiger partial charge in [-0.05, 0) is 59.3 Å². The van der Waals surface area contributed by atoms with Crippen molar-refractivity contribution in [3.05, 3.63) is 6.20 Å². The van der Waals surface area contributed by atoms with Crippen LogP contribution in [0.2, 0.25) is 0 Å². The summed E-state index contributed by atoms with van der Waals surface area (Å²) in [5.74, 6) is -0.305. The van der Waals surface area contributed by atoms with Gasteiger partial charge in [0.25, 0.3) is 0 Å². The van der Waals surface area contributed by atoms with Crippen LogP contribution < -0.4 is 5.32 Å². The molecule has 2 amide bonds. The third-order valence-corrected chi connectivity index (χ3v) is 8.13. The highest BCUT2D eigenvalue weighted by molar-refractivity contribution is 8.01. The number of nitrogens with zero attached hydrogens (tertiary/aromatic N) is 2. The molecule has 2 fully saturated rings. The fourth-order valence-electron chi connectivity index (χ4n) is 4.71. The molecule has 1 aromatic heterocycles. The fraction of sp³-hybridized carbons (Fsp3) is 0.783. The number of aromatic nitrogens is 1. The fourth-order valence-corrected chi connectivity index (χ4v) is 6.58. The summed E-state index contributed by atoms with van der Waals surface area (Å²) in [6.45, 7) is 6.30. The van der Waals surface area contributed by atoms with Crippen LogP contribution in [0.25, 0.3) is 0 Å². The number of carbonyl (C=O) groups excluding carboxylic acids is 1. The molecule has 1 aromatic rings. The molecule has 1 heterocycles. The molecular weight excluding hydrogens is 446 g/mol. The van der Waals surface area contributed by atoms with Gasteiger partial charge in [-0.1, -0.05) is 30.6 Å².